The Balaban J connectivity index is 1.32. The molecule has 0 bridgehead atoms. The second kappa shape index (κ2) is 8.07. The topological polar surface area (TPSA) is 84.2 Å². The van der Waals surface area contributed by atoms with Gasteiger partial charge in [0.2, 0.25) is 11.7 Å². The maximum Gasteiger partial charge on any atom is 0.261 e. The third-order valence-electron chi connectivity index (χ3n) is 5.63. The van der Waals surface area contributed by atoms with Crippen LogP contribution in [-0.4, -0.2) is 40.2 Å². The first-order valence-electron chi connectivity index (χ1n) is 10.3. The van der Waals surface area contributed by atoms with Crippen LogP contribution in [0.5, 0.6) is 0 Å². The SMILES string of the molecule is O=C(NC1CC1)C1CCN(c2ncccc2-c2nc(-c3ccc(Cl)cc3)no2)CC1. The van der Waals surface area contributed by atoms with Crippen LogP contribution < -0.4 is 10.2 Å². The third-order valence-corrected chi connectivity index (χ3v) is 5.89. The first kappa shape index (κ1) is 19.1. The van der Waals surface area contributed by atoms with E-state index in [1.54, 1.807) is 18.3 Å². The highest BCUT2D eigenvalue weighted by atomic mass is 35.5. The van der Waals surface area contributed by atoms with E-state index in [4.69, 9.17) is 16.1 Å². The molecule has 8 heteroatoms. The average Bonchev–Trinajstić information content (AvgIpc) is 3.46. The summed E-state index contributed by atoms with van der Waals surface area (Å²) in [6.45, 7) is 1.54. The van der Waals surface area contributed by atoms with Crippen molar-refractivity contribution in [1.29, 1.82) is 0 Å². The van der Waals surface area contributed by atoms with Gasteiger partial charge < -0.3 is 14.7 Å². The van der Waals surface area contributed by atoms with Gasteiger partial charge in [0.05, 0.1) is 5.56 Å². The van der Waals surface area contributed by atoms with Crippen molar-refractivity contribution in [3.05, 3.63) is 47.6 Å². The lowest BCUT2D eigenvalue weighted by atomic mass is 9.95. The Hall–Kier alpha value is -2.93. The lowest BCUT2D eigenvalue weighted by Gasteiger charge is -2.32. The van der Waals surface area contributed by atoms with Gasteiger partial charge in [0.1, 0.15) is 5.82 Å². The summed E-state index contributed by atoms with van der Waals surface area (Å²) in [4.78, 5) is 23.7. The molecule has 0 atom stereocenters. The number of hydrogen-bond acceptors (Lipinski definition) is 6. The average molecular weight is 424 g/mol. The molecule has 3 aromatic rings. The minimum Gasteiger partial charge on any atom is -0.356 e. The largest absolute Gasteiger partial charge is 0.356 e. The van der Waals surface area contributed by atoms with Gasteiger partial charge in [-0.25, -0.2) is 4.98 Å². The van der Waals surface area contributed by atoms with E-state index in [2.05, 4.69) is 25.3 Å². The molecule has 0 spiro atoms. The van der Waals surface area contributed by atoms with Crippen molar-refractivity contribution in [3.8, 4) is 22.8 Å². The van der Waals surface area contributed by atoms with E-state index >= 15 is 0 Å². The fourth-order valence-corrected chi connectivity index (χ4v) is 3.89. The number of piperidine rings is 1. The van der Waals surface area contributed by atoms with Gasteiger partial charge in [-0.3, -0.25) is 4.79 Å². The summed E-state index contributed by atoms with van der Waals surface area (Å²) >= 11 is 5.96. The Bertz CT molecular complexity index is 1040. The summed E-state index contributed by atoms with van der Waals surface area (Å²) in [5, 5.41) is 7.90. The maximum absolute atomic E-state index is 12.4. The maximum atomic E-state index is 12.4. The van der Waals surface area contributed by atoms with Crippen molar-refractivity contribution in [2.24, 2.45) is 5.92 Å². The van der Waals surface area contributed by atoms with Crippen molar-refractivity contribution < 1.29 is 9.32 Å². The molecule has 1 aromatic carbocycles. The number of hydrogen-bond donors (Lipinski definition) is 1. The van der Waals surface area contributed by atoms with E-state index in [1.807, 2.05) is 24.3 Å². The molecule has 1 saturated carbocycles. The number of nitrogens with zero attached hydrogens (tertiary/aromatic N) is 4. The van der Waals surface area contributed by atoms with Crippen LogP contribution in [0, 0.1) is 5.92 Å². The highest BCUT2D eigenvalue weighted by Gasteiger charge is 2.31. The Morgan fingerprint density at radius 3 is 2.60 bits per heavy atom. The number of rotatable bonds is 5. The van der Waals surface area contributed by atoms with Gasteiger partial charge in [-0.15, -0.1) is 0 Å². The molecule has 2 aromatic heterocycles. The van der Waals surface area contributed by atoms with E-state index in [0.717, 1.165) is 55.7 Å². The monoisotopic (exact) mass is 423 g/mol. The van der Waals surface area contributed by atoms with Crippen LogP contribution in [0.3, 0.4) is 0 Å². The first-order chi connectivity index (χ1) is 14.7. The molecule has 1 saturated heterocycles. The fourth-order valence-electron chi connectivity index (χ4n) is 3.77. The minimum absolute atomic E-state index is 0.0777. The molecule has 1 aliphatic heterocycles. The lowest BCUT2D eigenvalue weighted by Crippen LogP contribution is -2.41. The number of benzene rings is 1. The van der Waals surface area contributed by atoms with Gasteiger partial charge in [0.25, 0.3) is 5.89 Å². The van der Waals surface area contributed by atoms with Gasteiger partial charge in [-0.2, -0.15) is 4.98 Å². The van der Waals surface area contributed by atoms with E-state index < -0.39 is 0 Å². The lowest BCUT2D eigenvalue weighted by molar-refractivity contribution is -0.125. The molecule has 2 aliphatic rings. The van der Waals surface area contributed by atoms with Gasteiger partial charge in [0, 0.05) is 41.8 Å². The molecule has 1 amide bonds. The zero-order chi connectivity index (χ0) is 20.5. The minimum atomic E-state index is 0.0777. The molecular formula is C22H22ClN5O2. The van der Waals surface area contributed by atoms with E-state index in [-0.39, 0.29) is 11.8 Å². The fraction of sp³-hybridized carbons (Fsp3) is 0.364. The van der Waals surface area contributed by atoms with Crippen LogP contribution in [0.4, 0.5) is 5.82 Å². The van der Waals surface area contributed by atoms with E-state index in [0.29, 0.717) is 22.8 Å². The molecule has 0 unspecified atom stereocenters. The predicted molar refractivity (Wildman–Crippen MR) is 114 cm³/mol. The first-order valence-corrected chi connectivity index (χ1v) is 10.7. The Kier molecular flexibility index (Phi) is 5.12. The summed E-state index contributed by atoms with van der Waals surface area (Å²) in [5.41, 5.74) is 1.63. The molecule has 2 fully saturated rings. The van der Waals surface area contributed by atoms with Crippen LogP contribution in [0.2, 0.25) is 5.02 Å². The molecular weight excluding hydrogens is 402 g/mol. The normalized spacial score (nSPS) is 17.2. The molecule has 0 radical (unpaired) electrons. The van der Waals surface area contributed by atoms with Crippen LogP contribution in [0.15, 0.2) is 47.1 Å². The Morgan fingerprint density at radius 2 is 1.87 bits per heavy atom. The molecule has 1 aliphatic carbocycles. The highest BCUT2D eigenvalue weighted by Crippen LogP contribution is 2.32. The molecule has 5 rings (SSSR count). The van der Waals surface area contributed by atoms with Crippen LogP contribution in [0.1, 0.15) is 25.7 Å². The summed E-state index contributed by atoms with van der Waals surface area (Å²) < 4.78 is 5.55. The molecule has 3 heterocycles. The van der Waals surface area contributed by atoms with Crippen LogP contribution >= 0.6 is 11.6 Å². The predicted octanol–water partition coefficient (Wildman–Crippen LogP) is 3.95. The Labute approximate surface area is 179 Å². The van der Waals surface area contributed by atoms with Crippen molar-refractivity contribution in [2.45, 2.75) is 31.7 Å². The highest BCUT2D eigenvalue weighted by molar-refractivity contribution is 6.30. The summed E-state index contributed by atoms with van der Waals surface area (Å²) in [6.07, 6.45) is 5.62. The second-order valence-electron chi connectivity index (χ2n) is 7.85. The molecule has 30 heavy (non-hydrogen) atoms. The van der Waals surface area contributed by atoms with Crippen molar-refractivity contribution in [2.75, 3.05) is 18.0 Å². The van der Waals surface area contributed by atoms with Crippen molar-refractivity contribution in [1.82, 2.24) is 20.4 Å². The summed E-state index contributed by atoms with van der Waals surface area (Å²) in [7, 11) is 0. The zero-order valence-electron chi connectivity index (χ0n) is 16.4. The number of carbonyl (C=O) groups is 1. The second-order valence-corrected chi connectivity index (χ2v) is 8.29. The third kappa shape index (κ3) is 4.03. The van der Waals surface area contributed by atoms with E-state index in [1.165, 1.54) is 0 Å². The molecule has 7 nitrogen and oxygen atoms in total. The number of halogens is 1. The van der Waals surface area contributed by atoms with Crippen LogP contribution in [0.25, 0.3) is 22.8 Å². The Morgan fingerprint density at radius 1 is 1.10 bits per heavy atom. The van der Waals surface area contributed by atoms with Crippen molar-refractivity contribution >= 4 is 23.3 Å². The number of pyridine rings is 1. The van der Waals surface area contributed by atoms with Gasteiger partial charge in [0.15, 0.2) is 0 Å². The summed E-state index contributed by atoms with van der Waals surface area (Å²) in [5.74, 6) is 2.02. The van der Waals surface area contributed by atoms with Crippen LogP contribution in [-0.2, 0) is 4.79 Å². The molecule has 1 N–H and O–H groups in total. The standard InChI is InChI=1S/C22H22ClN5O2/c23-16-5-3-14(4-6-16)19-26-22(30-27-19)18-2-1-11-24-20(18)28-12-9-15(10-13-28)21(29)25-17-7-8-17/h1-6,11,15,17H,7-10,12-13H2,(H,25,29). The number of nitrogens with one attached hydrogen (secondary N) is 1. The number of amides is 1. The van der Waals surface area contributed by atoms with Crippen molar-refractivity contribution in [3.63, 3.8) is 0 Å². The number of anilines is 1. The number of carbonyl (C=O) groups excluding carboxylic acids is 1. The quantitative estimate of drug-likeness (QED) is 0.669. The smallest absolute Gasteiger partial charge is 0.261 e. The molecule has 154 valence electrons. The summed E-state index contributed by atoms with van der Waals surface area (Å²) in [6, 6.07) is 11.5. The van der Waals surface area contributed by atoms with E-state index in [9.17, 15) is 4.79 Å². The number of aromatic nitrogens is 3. The zero-order valence-corrected chi connectivity index (χ0v) is 17.2. The van der Waals surface area contributed by atoms with Gasteiger partial charge in [-0.1, -0.05) is 16.8 Å². The van der Waals surface area contributed by atoms with Gasteiger partial charge in [-0.05, 0) is 62.1 Å². The van der Waals surface area contributed by atoms with Gasteiger partial charge >= 0.3 is 0 Å².